The molecule has 1 amide bonds. The molecular formula is C21H26F3N5O2. The molecule has 168 valence electrons. The maximum absolute atomic E-state index is 13.0. The average Bonchev–Trinajstić information content (AvgIpc) is 3.45. The summed E-state index contributed by atoms with van der Waals surface area (Å²) in [4.78, 5) is 20.6. The Bertz CT molecular complexity index is 904. The van der Waals surface area contributed by atoms with Crippen LogP contribution in [0.5, 0.6) is 0 Å². The first-order valence-electron chi connectivity index (χ1n) is 10.5. The molecule has 31 heavy (non-hydrogen) atoms. The van der Waals surface area contributed by atoms with Gasteiger partial charge in [0.2, 0.25) is 17.6 Å². The molecule has 1 atom stereocenters. The third-order valence-electron chi connectivity index (χ3n) is 5.85. The molecule has 2 fully saturated rings. The minimum absolute atomic E-state index is 0.0658. The highest BCUT2D eigenvalue weighted by atomic mass is 19.4. The number of nitrogens with zero attached hydrogens (tertiary/aromatic N) is 4. The van der Waals surface area contributed by atoms with Crippen LogP contribution in [0.15, 0.2) is 28.8 Å². The van der Waals surface area contributed by atoms with E-state index in [9.17, 15) is 18.0 Å². The Kier molecular flexibility index (Phi) is 6.29. The highest BCUT2D eigenvalue weighted by molar-refractivity contribution is 5.78. The van der Waals surface area contributed by atoms with Crippen molar-refractivity contribution < 1.29 is 22.5 Å². The minimum Gasteiger partial charge on any atom is -0.355 e. The number of halogens is 3. The summed E-state index contributed by atoms with van der Waals surface area (Å²) in [5.41, 5.74) is -0.485. The Balaban J connectivity index is 1.31. The molecule has 4 rings (SSSR count). The molecule has 1 aromatic heterocycles. The molecule has 1 saturated carbocycles. The largest absolute Gasteiger partial charge is 0.416 e. The Hall–Kier alpha value is -2.46. The molecule has 1 unspecified atom stereocenters. The number of nitrogens with one attached hydrogen (secondary N) is 1. The first-order valence-corrected chi connectivity index (χ1v) is 10.5. The lowest BCUT2D eigenvalue weighted by molar-refractivity contribution is -0.137. The Morgan fingerprint density at radius 3 is 2.68 bits per heavy atom. The molecule has 0 spiro atoms. The van der Waals surface area contributed by atoms with Crippen molar-refractivity contribution in [1.29, 1.82) is 0 Å². The van der Waals surface area contributed by atoms with Crippen LogP contribution in [0.3, 0.4) is 0 Å². The highest BCUT2D eigenvalue weighted by Gasteiger charge is 2.31. The molecule has 2 aromatic rings. The molecular weight excluding hydrogens is 411 g/mol. The van der Waals surface area contributed by atoms with Gasteiger partial charge in [-0.1, -0.05) is 17.3 Å². The summed E-state index contributed by atoms with van der Waals surface area (Å²) in [5.74, 6) is 1.23. The van der Waals surface area contributed by atoms with Gasteiger partial charge in [0.25, 0.3) is 0 Å². The van der Waals surface area contributed by atoms with Crippen LogP contribution in [0, 0.1) is 5.92 Å². The summed E-state index contributed by atoms with van der Waals surface area (Å²) in [5, 5.41) is 6.86. The predicted molar refractivity (Wildman–Crippen MR) is 107 cm³/mol. The molecule has 1 aliphatic heterocycles. The number of benzene rings is 1. The van der Waals surface area contributed by atoms with E-state index in [0.29, 0.717) is 18.4 Å². The fraction of sp³-hybridized carbons (Fsp3) is 0.571. The Morgan fingerprint density at radius 1 is 1.26 bits per heavy atom. The van der Waals surface area contributed by atoms with Gasteiger partial charge in [-0.05, 0) is 37.8 Å². The van der Waals surface area contributed by atoms with Gasteiger partial charge < -0.3 is 9.84 Å². The lowest BCUT2D eigenvalue weighted by Crippen LogP contribution is -2.50. The lowest BCUT2D eigenvalue weighted by Gasteiger charge is -2.36. The number of piperazine rings is 1. The van der Waals surface area contributed by atoms with Gasteiger partial charge in [0.1, 0.15) is 0 Å². The van der Waals surface area contributed by atoms with Gasteiger partial charge in [-0.2, -0.15) is 18.2 Å². The maximum Gasteiger partial charge on any atom is 0.416 e. The predicted octanol–water partition coefficient (Wildman–Crippen LogP) is 2.96. The zero-order chi connectivity index (χ0) is 22.0. The number of carbonyl (C=O) groups excluding carboxylic acids is 1. The monoisotopic (exact) mass is 437 g/mol. The summed E-state index contributed by atoms with van der Waals surface area (Å²) in [6, 6.07) is 4.72. The fourth-order valence-electron chi connectivity index (χ4n) is 3.66. The zero-order valence-electron chi connectivity index (χ0n) is 17.4. The van der Waals surface area contributed by atoms with Crippen molar-refractivity contribution in [3.8, 4) is 11.4 Å². The van der Waals surface area contributed by atoms with Crippen molar-refractivity contribution in [1.82, 2.24) is 25.3 Å². The average molecular weight is 437 g/mol. The van der Waals surface area contributed by atoms with E-state index in [2.05, 4.69) is 25.3 Å². The molecule has 0 bridgehead atoms. The lowest BCUT2D eigenvalue weighted by atomic mass is 10.1. The molecule has 10 heteroatoms. The van der Waals surface area contributed by atoms with Gasteiger partial charge in [0.15, 0.2) is 0 Å². The van der Waals surface area contributed by atoms with E-state index in [1.54, 1.807) is 0 Å². The second-order valence-electron chi connectivity index (χ2n) is 8.27. The van der Waals surface area contributed by atoms with Crippen LogP contribution in [-0.2, 0) is 11.0 Å². The summed E-state index contributed by atoms with van der Waals surface area (Å²) < 4.78 is 44.2. The van der Waals surface area contributed by atoms with Crippen LogP contribution in [0.2, 0.25) is 0 Å². The Labute approximate surface area is 178 Å². The molecule has 1 N–H and O–H groups in total. The van der Waals surface area contributed by atoms with Crippen molar-refractivity contribution in [3.05, 3.63) is 35.7 Å². The molecule has 2 heterocycles. The zero-order valence-corrected chi connectivity index (χ0v) is 17.4. The SMILES string of the molecule is CC(c1nc(-c2cccc(C(F)(F)F)c2)no1)N1CCN(CC(=O)NCC2CC2)CC1. The second-order valence-corrected chi connectivity index (χ2v) is 8.27. The second kappa shape index (κ2) is 8.96. The van der Waals surface area contributed by atoms with Crippen LogP contribution >= 0.6 is 0 Å². The van der Waals surface area contributed by atoms with E-state index in [1.165, 1.54) is 25.0 Å². The number of hydrogen-bond donors (Lipinski definition) is 1. The van der Waals surface area contributed by atoms with Crippen LogP contribution in [0.4, 0.5) is 13.2 Å². The van der Waals surface area contributed by atoms with Crippen molar-refractivity contribution in [3.63, 3.8) is 0 Å². The maximum atomic E-state index is 13.0. The topological polar surface area (TPSA) is 74.5 Å². The smallest absolute Gasteiger partial charge is 0.355 e. The standard InChI is InChI=1S/C21H26F3N5O2/c1-14(29-9-7-28(8-10-29)13-18(30)25-12-15-5-6-15)20-26-19(27-31-20)16-3-2-4-17(11-16)21(22,23)24/h2-4,11,14-15H,5-10,12-13H2,1H3,(H,25,30). The number of aromatic nitrogens is 2. The van der Waals surface area contributed by atoms with Crippen molar-refractivity contribution in [2.24, 2.45) is 5.92 Å². The van der Waals surface area contributed by atoms with Crippen molar-refractivity contribution >= 4 is 5.91 Å². The number of alkyl halides is 3. The third kappa shape index (κ3) is 5.62. The van der Waals surface area contributed by atoms with Crippen LogP contribution in [0.1, 0.15) is 37.3 Å². The quantitative estimate of drug-likeness (QED) is 0.718. The van der Waals surface area contributed by atoms with Crippen LogP contribution in [-0.4, -0.2) is 65.1 Å². The number of amides is 1. The van der Waals surface area contributed by atoms with Crippen molar-refractivity contribution in [2.75, 3.05) is 39.3 Å². The van der Waals surface area contributed by atoms with E-state index in [0.717, 1.165) is 44.9 Å². The third-order valence-corrected chi connectivity index (χ3v) is 5.85. The molecule has 7 nitrogen and oxygen atoms in total. The van der Waals surface area contributed by atoms with E-state index in [-0.39, 0.29) is 23.3 Å². The van der Waals surface area contributed by atoms with E-state index in [1.807, 2.05) is 6.92 Å². The van der Waals surface area contributed by atoms with E-state index < -0.39 is 11.7 Å². The summed E-state index contributed by atoms with van der Waals surface area (Å²) >= 11 is 0. The summed E-state index contributed by atoms with van der Waals surface area (Å²) in [6.07, 6.45) is -2.01. The molecule has 1 saturated heterocycles. The van der Waals surface area contributed by atoms with Gasteiger partial charge in [-0.15, -0.1) is 0 Å². The van der Waals surface area contributed by atoms with Crippen molar-refractivity contribution in [2.45, 2.75) is 32.0 Å². The molecule has 2 aliphatic rings. The van der Waals surface area contributed by atoms with Gasteiger partial charge in [-0.3, -0.25) is 14.6 Å². The van der Waals surface area contributed by atoms with Crippen LogP contribution in [0.25, 0.3) is 11.4 Å². The number of hydrogen-bond acceptors (Lipinski definition) is 6. The van der Waals surface area contributed by atoms with E-state index >= 15 is 0 Å². The number of carbonyl (C=O) groups is 1. The fourth-order valence-corrected chi connectivity index (χ4v) is 3.66. The van der Waals surface area contributed by atoms with Gasteiger partial charge in [0.05, 0.1) is 18.2 Å². The summed E-state index contributed by atoms with van der Waals surface area (Å²) in [7, 11) is 0. The molecule has 0 radical (unpaired) electrons. The first-order chi connectivity index (χ1) is 14.8. The van der Waals surface area contributed by atoms with Gasteiger partial charge in [-0.25, -0.2) is 0 Å². The molecule has 1 aromatic carbocycles. The highest BCUT2D eigenvalue weighted by Crippen LogP contribution is 2.32. The van der Waals surface area contributed by atoms with Gasteiger partial charge >= 0.3 is 6.18 Å². The van der Waals surface area contributed by atoms with E-state index in [4.69, 9.17) is 4.52 Å². The normalized spacial score (nSPS) is 19.4. The first kappa shape index (κ1) is 21.8. The summed E-state index contributed by atoms with van der Waals surface area (Å²) in [6.45, 7) is 6.07. The Morgan fingerprint density at radius 2 is 2.00 bits per heavy atom. The minimum atomic E-state index is -4.43. The van der Waals surface area contributed by atoms with Crippen LogP contribution < -0.4 is 5.32 Å². The number of rotatable bonds is 7. The molecule has 1 aliphatic carbocycles. The van der Waals surface area contributed by atoms with Gasteiger partial charge in [0, 0.05) is 38.3 Å².